The van der Waals surface area contributed by atoms with Gasteiger partial charge in [-0.2, -0.15) is 0 Å². The van der Waals surface area contributed by atoms with Gasteiger partial charge in [-0.25, -0.2) is 4.98 Å². The fraction of sp³-hybridized carbons (Fsp3) is 0. The molecule has 0 fully saturated rings. The van der Waals surface area contributed by atoms with E-state index in [4.69, 9.17) is 23.2 Å². The Bertz CT molecular complexity index is 512. The van der Waals surface area contributed by atoms with Gasteiger partial charge in [0.2, 0.25) is 0 Å². The topological polar surface area (TPSA) is 24.9 Å². The Morgan fingerprint density at radius 3 is 2.35 bits per heavy atom. The summed E-state index contributed by atoms with van der Waals surface area (Å²) in [6.07, 6.45) is 1.67. The van der Waals surface area contributed by atoms with Crippen LogP contribution in [0.2, 0.25) is 10.0 Å². The van der Waals surface area contributed by atoms with Gasteiger partial charge in [0.25, 0.3) is 0 Å². The van der Waals surface area contributed by atoms with Crippen molar-refractivity contribution in [3.63, 3.8) is 0 Å². The highest BCUT2D eigenvalue weighted by atomic mass is 79.9. The number of halogens is 4. The van der Waals surface area contributed by atoms with Crippen LogP contribution in [0.3, 0.4) is 0 Å². The summed E-state index contributed by atoms with van der Waals surface area (Å²) < 4.78 is 1.75. The van der Waals surface area contributed by atoms with Gasteiger partial charge in [-0.3, -0.25) is 0 Å². The van der Waals surface area contributed by atoms with Crippen molar-refractivity contribution in [1.29, 1.82) is 0 Å². The quantitative estimate of drug-likeness (QED) is 0.708. The number of benzene rings is 1. The van der Waals surface area contributed by atoms with Crippen LogP contribution < -0.4 is 5.32 Å². The molecule has 88 valence electrons. The summed E-state index contributed by atoms with van der Waals surface area (Å²) in [6.45, 7) is 0. The molecule has 0 bridgehead atoms. The Morgan fingerprint density at radius 1 is 1.00 bits per heavy atom. The smallest absolute Gasteiger partial charge is 0.149 e. The van der Waals surface area contributed by atoms with Crippen LogP contribution in [0.1, 0.15) is 0 Å². The second kappa shape index (κ2) is 5.57. The van der Waals surface area contributed by atoms with Crippen LogP contribution in [0.15, 0.2) is 39.4 Å². The molecule has 0 unspecified atom stereocenters. The van der Waals surface area contributed by atoms with E-state index in [9.17, 15) is 0 Å². The molecule has 6 heteroatoms. The minimum atomic E-state index is 0.526. The molecule has 2 aromatic rings. The summed E-state index contributed by atoms with van der Waals surface area (Å²) >= 11 is 18.8. The molecule has 0 saturated heterocycles. The molecule has 2 rings (SSSR count). The predicted octanol–water partition coefficient (Wildman–Crippen LogP) is 5.66. The normalized spacial score (nSPS) is 10.4. The predicted molar refractivity (Wildman–Crippen MR) is 79.4 cm³/mol. The third-order valence-corrected chi connectivity index (χ3v) is 3.52. The molecule has 1 heterocycles. The molecule has 0 radical (unpaired) electrons. The van der Waals surface area contributed by atoms with Gasteiger partial charge < -0.3 is 5.32 Å². The number of rotatable bonds is 2. The van der Waals surface area contributed by atoms with E-state index < -0.39 is 0 Å². The van der Waals surface area contributed by atoms with Crippen molar-refractivity contribution in [1.82, 2.24) is 4.98 Å². The summed E-state index contributed by atoms with van der Waals surface area (Å²) in [5, 5.41) is 4.20. The molecule has 17 heavy (non-hydrogen) atoms. The van der Waals surface area contributed by atoms with Gasteiger partial charge >= 0.3 is 0 Å². The molecule has 0 aliphatic heterocycles. The van der Waals surface area contributed by atoms with E-state index in [0.29, 0.717) is 15.9 Å². The zero-order valence-electron chi connectivity index (χ0n) is 8.35. The Balaban J connectivity index is 2.31. The molecule has 2 nitrogen and oxygen atoms in total. The van der Waals surface area contributed by atoms with Crippen LogP contribution in [0, 0.1) is 0 Å². The average Bonchev–Trinajstić information content (AvgIpc) is 2.25. The van der Waals surface area contributed by atoms with Gasteiger partial charge in [0.1, 0.15) is 5.82 Å². The molecule has 0 atom stereocenters. The van der Waals surface area contributed by atoms with Crippen molar-refractivity contribution in [3.8, 4) is 0 Å². The van der Waals surface area contributed by atoms with Crippen LogP contribution >= 0.6 is 55.1 Å². The van der Waals surface area contributed by atoms with E-state index >= 15 is 0 Å². The van der Waals surface area contributed by atoms with E-state index in [2.05, 4.69) is 42.2 Å². The van der Waals surface area contributed by atoms with Crippen LogP contribution in [0.25, 0.3) is 0 Å². The standard InChI is InChI=1S/C11H6Br2Cl2N2/c12-6-1-2-10(8(14)3-6)17-11-9(15)4-7(13)5-16-11/h1-5H,(H,16,17). The first-order valence-electron chi connectivity index (χ1n) is 4.59. The van der Waals surface area contributed by atoms with Gasteiger partial charge in [-0.1, -0.05) is 39.1 Å². The van der Waals surface area contributed by atoms with Crippen molar-refractivity contribution in [2.45, 2.75) is 0 Å². The highest BCUT2D eigenvalue weighted by Crippen LogP contribution is 2.31. The van der Waals surface area contributed by atoms with E-state index in [0.717, 1.165) is 14.6 Å². The van der Waals surface area contributed by atoms with Crippen LogP contribution in [-0.4, -0.2) is 4.98 Å². The minimum Gasteiger partial charge on any atom is -0.338 e. The summed E-state index contributed by atoms with van der Waals surface area (Å²) in [5.74, 6) is 0.569. The zero-order valence-corrected chi connectivity index (χ0v) is 13.0. The Hall–Kier alpha value is -0.290. The zero-order chi connectivity index (χ0) is 12.4. The number of hydrogen-bond acceptors (Lipinski definition) is 2. The summed E-state index contributed by atoms with van der Waals surface area (Å²) in [5.41, 5.74) is 0.756. The lowest BCUT2D eigenvalue weighted by Gasteiger charge is -2.09. The number of nitrogens with one attached hydrogen (secondary N) is 1. The molecule has 1 N–H and O–H groups in total. The summed E-state index contributed by atoms with van der Waals surface area (Å²) in [6, 6.07) is 7.31. The van der Waals surface area contributed by atoms with Crippen LogP contribution in [-0.2, 0) is 0 Å². The largest absolute Gasteiger partial charge is 0.338 e. The van der Waals surface area contributed by atoms with Crippen molar-refractivity contribution < 1.29 is 0 Å². The molecule has 0 spiro atoms. The maximum Gasteiger partial charge on any atom is 0.149 e. The third kappa shape index (κ3) is 3.35. The van der Waals surface area contributed by atoms with Gasteiger partial charge in [-0.05, 0) is 40.2 Å². The van der Waals surface area contributed by atoms with Crippen LogP contribution in [0.4, 0.5) is 11.5 Å². The van der Waals surface area contributed by atoms with E-state index in [1.54, 1.807) is 18.3 Å². The Kier molecular flexibility index (Phi) is 4.31. The highest BCUT2D eigenvalue weighted by Gasteiger charge is 2.06. The maximum absolute atomic E-state index is 6.09. The Morgan fingerprint density at radius 2 is 1.71 bits per heavy atom. The maximum atomic E-state index is 6.09. The molecule has 1 aromatic carbocycles. The molecular weight excluding hydrogens is 391 g/mol. The number of nitrogens with zero attached hydrogens (tertiary/aromatic N) is 1. The lowest BCUT2D eigenvalue weighted by Crippen LogP contribution is -1.95. The first-order valence-corrected chi connectivity index (χ1v) is 6.93. The number of pyridine rings is 1. The fourth-order valence-electron chi connectivity index (χ4n) is 1.22. The lowest BCUT2D eigenvalue weighted by atomic mass is 10.3. The van der Waals surface area contributed by atoms with Gasteiger partial charge in [0, 0.05) is 15.1 Å². The van der Waals surface area contributed by atoms with Crippen molar-refractivity contribution >= 4 is 66.6 Å². The van der Waals surface area contributed by atoms with E-state index in [-0.39, 0.29) is 0 Å². The summed E-state index contributed by atoms with van der Waals surface area (Å²) in [4.78, 5) is 4.18. The van der Waals surface area contributed by atoms with E-state index in [1.165, 1.54) is 0 Å². The minimum absolute atomic E-state index is 0.526. The molecule has 0 saturated carbocycles. The van der Waals surface area contributed by atoms with E-state index in [1.807, 2.05) is 12.1 Å². The summed E-state index contributed by atoms with van der Waals surface area (Å²) in [7, 11) is 0. The van der Waals surface area contributed by atoms with Crippen molar-refractivity contribution in [3.05, 3.63) is 49.5 Å². The molecular formula is C11H6Br2Cl2N2. The molecule has 0 amide bonds. The van der Waals surface area contributed by atoms with Gasteiger partial charge in [0.05, 0.1) is 15.7 Å². The second-order valence-electron chi connectivity index (χ2n) is 3.23. The van der Waals surface area contributed by atoms with Crippen LogP contribution in [0.5, 0.6) is 0 Å². The van der Waals surface area contributed by atoms with Crippen molar-refractivity contribution in [2.24, 2.45) is 0 Å². The fourth-order valence-corrected chi connectivity index (χ4v) is 2.62. The molecule has 0 aliphatic rings. The number of hydrogen-bond donors (Lipinski definition) is 1. The van der Waals surface area contributed by atoms with Gasteiger partial charge in [0.15, 0.2) is 0 Å². The number of anilines is 2. The Labute approximate surface area is 126 Å². The van der Waals surface area contributed by atoms with Gasteiger partial charge in [-0.15, -0.1) is 0 Å². The first kappa shape index (κ1) is 13.1. The molecule has 1 aromatic heterocycles. The van der Waals surface area contributed by atoms with Crippen molar-refractivity contribution in [2.75, 3.05) is 5.32 Å². The second-order valence-corrected chi connectivity index (χ2v) is 5.88. The number of aromatic nitrogens is 1. The average molecular weight is 397 g/mol. The monoisotopic (exact) mass is 394 g/mol. The third-order valence-electron chi connectivity index (χ3n) is 1.99. The molecule has 0 aliphatic carbocycles. The SMILES string of the molecule is Clc1cc(Br)ccc1Nc1ncc(Br)cc1Cl. The first-order chi connectivity index (χ1) is 8.06. The lowest BCUT2D eigenvalue weighted by molar-refractivity contribution is 1.29. The highest BCUT2D eigenvalue weighted by molar-refractivity contribution is 9.10.